The Hall–Kier alpha value is -1.09. The Bertz CT molecular complexity index is 747. The number of amides is 1. The van der Waals surface area contributed by atoms with Crippen LogP contribution in [0.2, 0.25) is 0 Å². The van der Waals surface area contributed by atoms with Gasteiger partial charge >= 0.3 is 0 Å². The van der Waals surface area contributed by atoms with E-state index in [-0.39, 0.29) is 0 Å². The Balaban J connectivity index is 1.92. The van der Waals surface area contributed by atoms with Gasteiger partial charge in [-0.15, -0.1) is 0 Å². The number of aliphatic hydroxyl groups excluding tert-OH is 8. The molecular formula is C21H37NO15. The first-order valence-corrected chi connectivity index (χ1v) is 11.8. The average Bonchev–Trinajstić information content (AvgIpc) is 2.87. The number of hydrogen-bond donors (Lipinski definition) is 9. The highest BCUT2D eigenvalue weighted by atomic mass is 16.8. The molecule has 0 aromatic rings. The average molecular weight is 544 g/mol. The second-order valence-corrected chi connectivity index (χ2v) is 9.27. The third-order valence-electron chi connectivity index (χ3n) is 6.67. The van der Waals surface area contributed by atoms with E-state index >= 15 is 0 Å². The molecule has 0 bridgehead atoms. The number of methoxy groups -OCH3 is 1. The van der Waals surface area contributed by atoms with E-state index in [1.165, 1.54) is 14.0 Å². The summed E-state index contributed by atoms with van der Waals surface area (Å²) in [6.45, 7) is 1.18. The van der Waals surface area contributed by atoms with E-state index in [0.29, 0.717) is 0 Å². The summed E-state index contributed by atoms with van der Waals surface area (Å²) < 4.78 is 33.6. The van der Waals surface area contributed by atoms with E-state index in [4.69, 9.17) is 28.4 Å². The molecule has 216 valence electrons. The molecule has 3 aliphatic heterocycles. The number of ether oxygens (including phenoxy) is 6. The molecule has 0 aromatic heterocycles. The lowest BCUT2D eigenvalue weighted by atomic mass is 9.95. The highest BCUT2D eigenvalue weighted by Crippen LogP contribution is 2.33. The molecule has 0 saturated carbocycles. The van der Waals surface area contributed by atoms with Gasteiger partial charge in [-0.2, -0.15) is 0 Å². The van der Waals surface area contributed by atoms with Crippen molar-refractivity contribution < 1.29 is 74.1 Å². The lowest BCUT2D eigenvalue weighted by Gasteiger charge is -2.49. The van der Waals surface area contributed by atoms with Crippen LogP contribution in [0.4, 0.5) is 0 Å². The Labute approximate surface area is 212 Å². The first-order valence-electron chi connectivity index (χ1n) is 11.8. The largest absolute Gasteiger partial charge is 0.394 e. The molecule has 15 atom stereocenters. The molecule has 9 N–H and O–H groups in total. The van der Waals surface area contributed by atoms with Crippen LogP contribution in [0.15, 0.2) is 0 Å². The Morgan fingerprint density at radius 3 is 1.86 bits per heavy atom. The molecule has 3 rings (SSSR count). The van der Waals surface area contributed by atoms with Crippen LogP contribution < -0.4 is 5.32 Å². The maximum absolute atomic E-state index is 11.8. The SMILES string of the molecule is COC1OC(CO)C(O)C(OC2OC(CO)C(O)C(O)C2NC(C)=O)C1OC1OC(C)C(O)C(O)C1O. The second kappa shape index (κ2) is 12.8. The molecule has 1 amide bonds. The zero-order valence-electron chi connectivity index (χ0n) is 20.5. The van der Waals surface area contributed by atoms with Gasteiger partial charge in [0.2, 0.25) is 5.91 Å². The molecular weight excluding hydrogens is 506 g/mol. The number of hydrogen-bond acceptors (Lipinski definition) is 15. The van der Waals surface area contributed by atoms with Gasteiger partial charge < -0.3 is 74.6 Å². The first-order chi connectivity index (χ1) is 17.4. The molecule has 0 aromatic carbocycles. The van der Waals surface area contributed by atoms with Gasteiger partial charge in [-0.25, -0.2) is 0 Å². The fourth-order valence-corrected chi connectivity index (χ4v) is 4.55. The molecule has 3 heterocycles. The van der Waals surface area contributed by atoms with Gasteiger partial charge in [0.1, 0.15) is 67.1 Å². The van der Waals surface area contributed by atoms with Crippen molar-refractivity contribution in [2.75, 3.05) is 20.3 Å². The normalized spacial score (nSPS) is 49.0. The zero-order chi connectivity index (χ0) is 27.6. The number of nitrogens with one attached hydrogen (secondary N) is 1. The molecule has 15 unspecified atom stereocenters. The van der Waals surface area contributed by atoms with Gasteiger partial charge in [0, 0.05) is 14.0 Å². The second-order valence-electron chi connectivity index (χ2n) is 9.27. The number of carbonyl (C=O) groups excluding carboxylic acids is 1. The van der Waals surface area contributed by atoms with E-state index in [0.717, 1.165) is 6.92 Å². The molecule has 16 heteroatoms. The number of rotatable bonds is 8. The van der Waals surface area contributed by atoms with Crippen LogP contribution in [0.25, 0.3) is 0 Å². The van der Waals surface area contributed by atoms with E-state index < -0.39 is 111 Å². The van der Waals surface area contributed by atoms with Gasteiger partial charge in [0.15, 0.2) is 18.9 Å². The summed E-state index contributed by atoms with van der Waals surface area (Å²) >= 11 is 0. The summed E-state index contributed by atoms with van der Waals surface area (Å²) in [7, 11) is 1.22. The van der Waals surface area contributed by atoms with Crippen molar-refractivity contribution in [3.63, 3.8) is 0 Å². The molecule has 3 saturated heterocycles. The maximum atomic E-state index is 11.8. The lowest BCUT2D eigenvalue weighted by Crippen LogP contribution is -2.68. The molecule has 0 aliphatic carbocycles. The Morgan fingerprint density at radius 2 is 1.30 bits per heavy atom. The Morgan fingerprint density at radius 1 is 0.730 bits per heavy atom. The molecule has 16 nitrogen and oxygen atoms in total. The number of aliphatic hydroxyl groups is 8. The number of carbonyl (C=O) groups is 1. The van der Waals surface area contributed by atoms with Crippen molar-refractivity contribution in [3.8, 4) is 0 Å². The van der Waals surface area contributed by atoms with Gasteiger partial charge in [-0.1, -0.05) is 0 Å². The minimum atomic E-state index is -1.73. The third kappa shape index (κ3) is 6.39. The minimum absolute atomic E-state index is 0.612. The van der Waals surface area contributed by atoms with E-state index in [9.17, 15) is 45.6 Å². The summed E-state index contributed by atoms with van der Waals surface area (Å²) in [5, 5.41) is 84.0. The standard InChI is InChI=1S/C21H37NO15/c1-6-11(26)15(30)16(31)20(33-6)37-18-17(13(28)9(5-24)35-21(18)32-3)36-19-10(22-7(2)25)14(29)12(27)8(4-23)34-19/h6,8-21,23-24,26-31H,4-5H2,1-3H3,(H,22,25). The van der Waals surface area contributed by atoms with Gasteiger partial charge in [-0.3, -0.25) is 4.79 Å². The monoisotopic (exact) mass is 543 g/mol. The predicted molar refractivity (Wildman–Crippen MR) is 116 cm³/mol. The molecule has 3 fully saturated rings. The molecule has 0 spiro atoms. The minimum Gasteiger partial charge on any atom is -0.394 e. The smallest absolute Gasteiger partial charge is 0.217 e. The summed E-state index contributed by atoms with van der Waals surface area (Å²) in [5.41, 5.74) is 0. The van der Waals surface area contributed by atoms with Crippen molar-refractivity contribution in [1.29, 1.82) is 0 Å². The predicted octanol–water partition coefficient (Wildman–Crippen LogP) is -5.75. The molecule has 37 heavy (non-hydrogen) atoms. The molecule has 0 radical (unpaired) electrons. The molecule has 3 aliphatic rings. The van der Waals surface area contributed by atoms with Crippen molar-refractivity contribution >= 4 is 5.91 Å². The summed E-state index contributed by atoms with van der Waals surface area (Å²) in [6.07, 6.45) is -20.6. The van der Waals surface area contributed by atoms with Crippen molar-refractivity contribution in [2.24, 2.45) is 0 Å². The van der Waals surface area contributed by atoms with Crippen LogP contribution in [0.5, 0.6) is 0 Å². The first kappa shape index (κ1) is 30.5. The van der Waals surface area contributed by atoms with Crippen molar-refractivity contribution in [2.45, 2.75) is 106 Å². The lowest BCUT2D eigenvalue weighted by molar-refractivity contribution is -0.382. The fraction of sp³-hybridized carbons (Fsp3) is 0.952. The Kier molecular flexibility index (Phi) is 10.6. The summed E-state index contributed by atoms with van der Waals surface area (Å²) in [6, 6.07) is -1.37. The van der Waals surface area contributed by atoms with Crippen LogP contribution in [-0.2, 0) is 33.2 Å². The van der Waals surface area contributed by atoms with E-state index in [2.05, 4.69) is 5.32 Å². The van der Waals surface area contributed by atoms with Crippen molar-refractivity contribution in [1.82, 2.24) is 5.32 Å². The van der Waals surface area contributed by atoms with Crippen LogP contribution >= 0.6 is 0 Å². The van der Waals surface area contributed by atoms with Gasteiger partial charge in [0.05, 0.1) is 19.3 Å². The van der Waals surface area contributed by atoms with E-state index in [1.54, 1.807) is 0 Å². The summed E-state index contributed by atoms with van der Waals surface area (Å²) in [5.74, 6) is -0.612. The van der Waals surface area contributed by atoms with Crippen molar-refractivity contribution in [3.05, 3.63) is 0 Å². The van der Waals surface area contributed by atoms with Crippen LogP contribution in [0.1, 0.15) is 13.8 Å². The topological polar surface area (TPSA) is 246 Å². The van der Waals surface area contributed by atoms with E-state index in [1.807, 2.05) is 0 Å². The van der Waals surface area contributed by atoms with Crippen LogP contribution in [0, 0.1) is 0 Å². The van der Waals surface area contributed by atoms with Crippen LogP contribution in [0.3, 0.4) is 0 Å². The highest BCUT2D eigenvalue weighted by Gasteiger charge is 2.54. The van der Waals surface area contributed by atoms with Crippen LogP contribution in [-0.4, -0.2) is 159 Å². The zero-order valence-corrected chi connectivity index (χ0v) is 20.5. The summed E-state index contributed by atoms with van der Waals surface area (Å²) in [4.78, 5) is 11.8. The highest BCUT2D eigenvalue weighted by molar-refractivity contribution is 5.73. The fourth-order valence-electron chi connectivity index (χ4n) is 4.55. The van der Waals surface area contributed by atoms with Gasteiger partial charge in [0.25, 0.3) is 0 Å². The third-order valence-corrected chi connectivity index (χ3v) is 6.67. The van der Waals surface area contributed by atoms with Gasteiger partial charge in [-0.05, 0) is 6.92 Å². The quantitative estimate of drug-likeness (QED) is 0.138. The maximum Gasteiger partial charge on any atom is 0.217 e.